The van der Waals surface area contributed by atoms with Crippen LogP contribution in [0.4, 0.5) is 5.69 Å². The molecule has 3 aromatic carbocycles. The Labute approximate surface area is 152 Å². The third kappa shape index (κ3) is 4.36. The molecule has 3 aromatic rings. The first-order valence-electron chi connectivity index (χ1n) is 8.36. The number of ketones is 1. The van der Waals surface area contributed by atoms with E-state index in [4.69, 9.17) is 4.74 Å². The average Bonchev–Trinajstić information content (AvgIpc) is 2.69. The number of anilines is 1. The summed E-state index contributed by atoms with van der Waals surface area (Å²) in [5.74, 6) is 0.248. The number of carbonyl (C=O) groups is 2. The molecule has 0 heterocycles. The maximum Gasteiger partial charge on any atom is 0.265 e. The summed E-state index contributed by atoms with van der Waals surface area (Å²) in [6, 6.07) is 25.1. The molecule has 1 N–H and O–H groups in total. The maximum absolute atomic E-state index is 12.4. The average molecular weight is 345 g/mol. The van der Waals surface area contributed by atoms with Crippen LogP contribution in [0, 0.1) is 0 Å². The normalized spacial score (nSPS) is 11.4. The molecule has 1 amide bonds. The summed E-state index contributed by atoms with van der Waals surface area (Å²) in [6.07, 6.45) is -0.661. The Kier molecular flexibility index (Phi) is 5.44. The van der Waals surface area contributed by atoms with Crippen molar-refractivity contribution in [3.05, 3.63) is 96.1 Å². The Morgan fingerprint density at radius 2 is 1.31 bits per heavy atom. The highest BCUT2D eigenvalue weighted by Crippen LogP contribution is 2.17. The zero-order valence-corrected chi connectivity index (χ0v) is 14.4. The molecule has 0 aliphatic carbocycles. The summed E-state index contributed by atoms with van der Waals surface area (Å²) in [5.41, 5.74) is 1.93. The minimum atomic E-state index is -0.661. The van der Waals surface area contributed by atoms with Crippen molar-refractivity contribution in [3.8, 4) is 5.75 Å². The van der Waals surface area contributed by atoms with E-state index in [0.717, 1.165) is 5.69 Å². The third-order valence-corrected chi connectivity index (χ3v) is 3.88. The highest BCUT2D eigenvalue weighted by molar-refractivity contribution is 6.09. The van der Waals surface area contributed by atoms with Gasteiger partial charge in [0.05, 0.1) is 0 Å². The monoisotopic (exact) mass is 345 g/mol. The van der Waals surface area contributed by atoms with Gasteiger partial charge in [0, 0.05) is 16.8 Å². The molecule has 0 saturated carbocycles. The Hall–Kier alpha value is -3.40. The number of benzene rings is 3. The second-order valence-electron chi connectivity index (χ2n) is 5.83. The molecule has 1 atom stereocenters. The molecular formula is C22H19NO3. The molecule has 1 unspecified atom stereocenters. The topological polar surface area (TPSA) is 55.4 Å². The molecule has 0 radical (unpaired) electrons. The predicted octanol–water partition coefficient (Wildman–Crippen LogP) is 4.32. The molecule has 4 nitrogen and oxygen atoms in total. The second-order valence-corrected chi connectivity index (χ2v) is 5.83. The lowest BCUT2D eigenvalue weighted by molar-refractivity contribution is -0.122. The first kappa shape index (κ1) is 17.4. The summed E-state index contributed by atoms with van der Waals surface area (Å²) in [4.78, 5) is 24.6. The van der Waals surface area contributed by atoms with Crippen LogP contribution in [0.1, 0.15) is 22.8 Å². The van der Waals surface area contributed by atoms with Gasteiger partial charge in [0.25, 0.3) is 5.91 Å². The van der Waals surface area contributed by atoms with Crippen molar-refractivity contribution in [2.45, 2.75) is 13.0 Å². The van der Waals surface area contributed by atoms with E-state index >= 15 is 0 Å². The maximum atomic E-state index is 12.4. The van der Waals surface area contributed by atoms with Crippen LogP contribution in [0.25, 0.3) is 0 Å². The fraction of sp³-hybridized carbons (Fsp3) is 0.0909. The lowest BCUT2D eigenvalue weighted by Crippen LogP contribution is -2.30. The van der Waals surface area contributed by atoms with Crippen LogP contribution in [-0.4, -0.2) is 17.8 Å². The van der Waals surface area contributed by atoms with Gasteiger partial charge in [0.2, 0.25) is 0 Å². The van der Waals surface area contributed by atoms with Crippen molar-refractivity contribution in [1.82, 2.24) is 0 Å². The number of carbonyl (C=O) groups excluding carboxylic acids is 2. The molecule has 3 rings (SSSR count). The number of ether oxygens (including phenoxy) is 1. The summed E-state index contributed by atoms with van der Waals surface area (Å²) in [5, 5.41) is 2.79. The van der Waals surface area contributed by atoms with Gasteiger partial charge < -0.3 is 10.1 Å². The minimum Gasteiger partial charge on any atom is -0.481 e. The standard InChI is InChI=1S/C22H19NO3/c1-16(22(25)23-19-10-6-3-7-11-19)26-20-14-12-18(13-15-20)21(24)17-8-4-2-5-9-17/h2-16H,1H3,(H,23,25). The van der Waals surface area contributed by atoms with E-state index in [1.165, 1.54) is 0 Å². The second kappa shape index (κ2) is 8.12. The van der Waals surface area contributed by atoms with Crippen LogP contribution in [0.15, 0.2) is 84.9 Å². The zero-order valence-electron chi connectivity index (χ0n) is 14.4. The van der Waals surface area contributed by atoms with E-state index in [1.807, 2.05) is 48.5 Å². The molecule has 130 valence electrons. The lowest BCUT2D eigenvalue weighted by Gasteiger charge is -2.15. The van der Waals surface area contributed by atoms with Gasteiger partial charge in [-0.2, -0.15) is 0 Å². The van der Waals surface area contributed by atoms with Gasteiger partial charge in [-0.3, -0.25) is 9.59 Å². The molecule has 4 heteroatoms. The summed E-state index contributed by atoms with van der Waals surface area (Å²) in [6.45, 7) is 1.68. The highest BCUT2D eigenvalue weighted by Gasteiger charge is 2.15. The quantitative estimate of drug-likeness (QED) is 0.677. The van der Waals surface area contributed by atoms with Crippen LogP contribution in [0.2, 0.25) is 0 Å². The van der Waals surface area contributed by atoms with Crippen LogP contribution < -0.4 is 10.1 Å². The van der Waals surface area contributed by atoms with Crippen molar-refractivity contribution >= 4 is 17.4 Å². The number of rotatable bonds is 6. The molecule has 26 heavy (non-hydrogen) atoms. The number of nitrogens with one attached hydrogen (secondary N) is 1. The molecule has 0 spiro atoms. The smallest absolute Gasteiger partial charge is 0.265 e. The van der Waals surface area contributed by atoms with Gasteiger partial charge >= 0.3 is 0 Å². The molecule has 0 aliphatic rings. The van der Waals surface area contributed by atoms with E-state index in [0.29, 0.717) is 16.9 Å². The lowest BCUT2D eigenvalue weighted by atomic mass is 10.0. The van der Waals surface area contributed by atoms with Gasteiger partial charge in [0.1, 0.15) is 5.75 Å². The molecule has 0 aliphatic heterocycles. The summed E-state index contributed by atoms with van der Waals surface area (Å²) in [7, 11) is 0. The molecule has 0 saturated heterocycles. The number of hydrogen-bond donors (Lipinski definition) is 1. The highest BCUT2D eigenvalue weighted by atomic mass is 16.5. The van der Waals surface area contributed by atoms with Crippen LogP contribution in [0.3, 0.4) is 0 Å². The number of amides is 1. The zero-order chi connectivity index (χ0) is 18.4. The van der Waals surface area contributed by atoms with Gasteiger partial charge in [-0.05, 0) is 43.3 Å². The minimum absolute atomic E-state index is 0.0491. The molecule has 0 fully saturated rings. The Bertz CT molecular complexity index is 874. The van der Waals surface area contributed by atoms with Crippen molar-refractivity contribution in [3.63, 3.8) is 0 Å². The number of para-hydroxylation sites is 1. The predicted molar refractivity (Wildman–Crippen MR) is 101 cm³/mol. The van der Waals surface area contributed by atoms with E-state index in [9.17, 15) is 9.59 Å². The molecule has 0 bridgehead atoms. The molecular weight excluding hydrogens is 326 g/mol. The fourth-order valence-electron chi connectivity index (χ4n) is 2.46. The van der Waals surface area contributed by atoms with Crippen molar-refractivity contribution in [1.29, 1.82) is 0 Å². The summed E-state index contributed by atoms with van der Waals surface area (Å²) >= 11 is 0. The van der Waals surface area contributed by atoms with Gasteiger partial charge in [0.15, 0.2) is 11.9 Å². The Morgan fingerprint density at radius 1 is 0.769 bits per heavy atom. The van der Waals surface area contributed by atoms with Gasteiger partial charge in [-0.1, -0.05) is 48.5 Å². The van der Waals surface area contributed by atoms with Crippen molar-refractivity contribution < 1.29 is 14.3 Å². The first-order valence-corrected chi connectivity index (χ1v) is 8.36. The van der Waals surface area contributed by atoms with E-state index in [-0.39, 0.29) is 11.7 Å². The molecule has 0 aromatic heterocycles. The first-order chi connectivity index (χ1) is 12.6. The summed E-state index contributed by atoms with van der Waals surface area (Å²) < 4.78 is 5.67. The SMILES string of the molecule is CC(Oc1ccc(C(=O)c2ccccc2)cc1)C(=O)Nc1ccccc1. The largest absolute Gasteiger partial charge is 0.481 e. The van der Waals surface area contributed by atoms with Crippen LogP contribution >= 0.6 is 0 Å². The van der Waals surface area contributed by atoms with E-state index in [2.05, 4.69) is 5.32 Å². The fourth-order valence-corrected chi connectivity index (χ4v) is 2.46. The van der Waals surface area contributed by atoms with Crippen molar-refractivity contribution in [2.75, 3.05) is 5.32 Å². The van der Waals surface area contributed by atoms with Crippen molar-refractivity contribution in [2.24, 2.45) is 0 Å². The van der Waals surface area contributed by atoms with E-state index < -0.39 is 6.10 Å². The van der Waals surface area contributed by atoms with E-state index in [1.54, 1.807) is 43.3 Å². The Balaban J connectivity index is 1.62. The van der Waals surface area contributed by atoms with Crippen LogP contribution in [0.5, 0.6) is 5.75 Å². The van der Waals surface area contributed by atoms with Crippen LogP contribution in [-0.2, 0) is 4.79 Å². The third-order valence-electron chi connectivity index (χ3n) is 3.88. The number of hydrogen-bond acceptors (Lipinski definition) is 3. The van der Waals surface area contributed by atoms with Gasteiger partial charge in [-0.15, -0.1) is 0 Å². The Morgan fingerprint density at radius 3 is 1.92 bits per heavy atom. The van der Waals surface area contributed by atoms with Gasteiger partial charge in [-0.25, -0.2) is 0 Å².